The largest absolute Gasteiger partial charge is 0.282 e. The van der Waals surface area contributed by atoms with E-state index in [1.54, 1.807) is 20.2 Å². The van der Waals surface area contributed by atoms with Gasteiger partial charge in [0.05, 0.1) is 11.7 Å². The van der Waals surface area contributed by atoms with E-state index in [4.69, 9.17) is 0 Å². The zero-order chi connectivity index (χ0) is 18.0. The van der Waals surface area contributed by atoms with Crippen LogP contribution in [0.2, 0.25) is 0 Å². The second-order valence-electron chi connectivity index (χ2n) is 6.42. The van der Waals surface area contributed by atoms with Crippen LogP contribution in [0.25, 0.3) is 0 Å². The minimum atomic E-state index is -3.47. The first-order valence-electron chi connectivity index (χ1n) is 8.27. The van der Waals surface area contributed by atoms with Crippen molar-refractivity contribution in [2.75, 3.05) is 20.6 Å². The molecule has 0 spiro atoms. The summed E-state index contributed by atoms with van der Waals surface area (Å²) < 4.78 is 41.1. The first kappa shape index (κ1) is 18.0. The molecule has 1 aliphatic heterocycles. The number of aromatic nitrogens is 1. The smallest absolute Gasteiger partial charge is 0.256 e. The summed E-state index contributed by atoms with van der Waals surface area (Å²) in [5.74, 6) is -0.271. The molecule has 0 saturated carbocycles. The fraction of sp³-hybridized carbons (Fsp3) is 0.389. The van der Waals surface area contributed by atoms with Crippen molar-refractivity contribution < 1.29 is 12.8 Å². The first-order chi connectivity index (χ1) is 11.9. The van der Waals surface area contributed by atoms with Crippen molar-refractivity contribution in [3.8, 4) is 0 Å². The van der Waals surface area contributed by atoms with Gasteiger partial charge in [-0.15, -0.1) is 0 Å². The minimum Gasteiger partial charge on any atom is -0.256 e. The van der Waals surface area contributed by atoms with Gasteiger partial charge in [0.25, 0.3) is 10.2 Å². The summed E-state index contributed by atoms with van der Waals surface area (Å²) in [6.45, 7) is 0.501. The lowest BCUT2D eigenvalue weighted by atomic mass is 10.1. The molecule has 1 aromatic carbocycles. The summed E-state index contributed by atoms with van der Waals surface area (Å²) in [6.07, 6.45) is 2.08. The van der Waals surface area contributed by atoms with E-state index < -0.39 is 10.2 Å². The average Bonchev–Trinajstić information content (AvgIpc) is 3.05. The molecule has 0 radical (unpaired) electrons. The number of benzene rings is 1. The molecule has 0 bridgehead atoms. The van der Waals surface area contributed by atoms with Crippen LogP contribution in [0.15, 0.2) is 42.5 Å². The molecule has 134 valence electrons. The van der Waals surface area contributed by atoms with E-state index in [-0.39, 0.29) is 11.9 Å². The van der Waals surface area contributed by atoms with E-state index in [0.717, 1.165) is 29.8 Å². The third-order valence-electron chi connectivity index (χ3n) is 4.41. The Kier molecular flexibility index (Phi) is 5.17. The molecular weight excluding hydrogens is 341 g/mol. The molecule has 0 amide bonds. The average molecular weight is 363 g/mol. The maximum Gasteiger partial charge on any atom is 0.282 e. The first-order valence-corrected chi connectivity index (χ1v) is 9.67. The van der Waals surface area contributed by atoms with Crippen molar-refractivity contribution >= 4 is 10.2 Å². The number of rotatable bonds is 5. The minimum absolute atomic E-state index is 0.250. The number of nitrogens with zero attached hydrogens (tertiary/aromatic N) is 3. The van der Waals surface area contributed by atoms with Crippen molar-refractivity contribution in [3.63, 3.8) is 0 Å². The summed E-state index contributed by atoms with van der Waals surface area (Å²) in [6, 6.07) is 11.8. The highest BCUT2D eigenvalue weighted by atomic mass is 32.2. The van der Waals surface area contributed by atoms with E-state index >= 15 is 0 Å². The van der Waals surface area contributed by atoms with Crippen molar-refractivity contribution in [2.45, 2.75) is 25.3 Å². The fourth-order valence-corrected chi connectivity index (χ4v) is 4.47. The molecule has 1 fully saturated rings. The highest BCUT2D eigenvalue weighted by Crippen LogP contribution is 2.34. The van der Waals surface area contributed by atoms with Gasteiger partial charge in [-0.2, -0.15) is 17.0 Å². The van der Waals surface area contributed by atoms with Gasteiger partial charge in [0.2, 0.25) is 0 Å². The van der Waals surface area contributed by atoms with Crippen molar-refractivity contribution in [1.82, 2.24) is 13.6 Å². The zero-order valence-corrected chi connectivity index (χ0v) is 15.2. The molecule has 1 unspecified atom stereocenters. The standard InChI is InChI=1S/C18H22FN3O2S/c1-21(2)25(23,24)22-11-5-10-18(22)17-9-4-8-16(20-17)13-14-6-3-7-15(19)12-14/h3-4,6-9,12,18H,5,10-11,13H2,1-2H3. The van der Waals surface area contributed by atoms with Crippen molar-refractivity contribution in [1.29, 1.82) is 0 Å². The Balaban J connectivity index is 1.86. The van der Waals surface area contributed by atoms with Gasteiger partial charge in [-0.05, 0) is 42.7 Å². The van der Waals surface area contributed by atoms with Crippen LogP contribution in [0.1, 0.15) is 35.8 Å². The van der Waals surface area contributed by atoms with Crippen LogP contribution < -0.4 is 0 Å². The van der Waals surface area contributed by atoms with Gasteiger partial charge in [0.15, 0.2) is 0 Å². The van der Waals surface area contributed by atoms with Crippen LogP contribution in [0, 0.1) is 5.82 Å². The Morgan fingerprint density at radius 2 is 2.00 bits per heavy atom. The Labute approximate surface area is 148 Å². The van der Waals surface area contributed by atoms with E-state index in [1.165, 1.54) is 20.7 Å². The summed E-state index contributed by atoms with van der Waals surface area (Å²) in [4.78, 5) is 4.66. The lowest BCUT2D eigenvalue weighted by molar-refractivity contribution is 0.357. The van der Waals surface area contributed by atoms with Gasteiger partial charge >= 0.3 is 0 Å². The van der Waals surface area contributed by atoms with Gasteiger partial charge in [0, 0.05) is 32.8 Å². The second-order valence-corrected chi connectivity index (χ2v) is 8.51. The van der Waals surface area contributed by atoms with Gasteiger partial charge in [-0.25, -0.2) is 4.39 Å². The molecule has 0 aliphatic carbocycles. The predicted molar refractivity (Wildman–Crippen MR) is 94.7 cm³/mol. The molecule has 2 aromatic rings. The van der Waals surface area contributed by atoms with E-state index in [9.17, 15) is 12.8 Å². The third kappa shape index (κ3) is 3.89. The van der Waals surface area contributed by atoms with Crippen LogP contribution in [0.5, 0.6) is 0 Å². The molecule has 5 nitrogen and oxygen atoms in total. The highest BCUT2D eigenvalue weighted by Gasteiger charge is 2.37. The van der Waals surface area contributed by atoms with Gasteiger partial charge in [-0.3, -0.25) is 4.98 Å². The van der Waals surface area contributed by atoms with Gasteiger partial charge in [0.1, 0.15) is 5.82 Å². The molecule has 1 atom stereocenters. The van der Waals surface area contributed by atoms with Crippen molar-refractivity contribution in [3.05, 3.63) is 65.2 Å². The Morgan fingerprint density at radius 3 is 2.72 bits per heavy atom. The predicted octanol–water partition coefficient (Wildman–Crippen LogP) is 2.75. The summed E-state index contributed by atoms with van der Waals surface area (Å²) >= 11 is 0. The normalized spacial score (nSPS) is 18.8. The number of pyridine rings is 1. The molecule has 3 rings (SSSR count). The quantitative estimate of drug-likeness (QED) is 0.821. The van der Waals surface area contributed by atoms with Gasteiger partial charge < -0.3 is 0 Å². The summed E-state index contributed by atoms with van der Waals surface area (Å²) in [7, 11) is -0.394. The molecule has 25 heavy (non-hydrogen) atoms. The molecule has 1 aliphatic rings. The van der Waals surface area contributed by atoms with E-state index in [0.29, 0.717) is 13.0 Å². The molecule has 0 N–H and O–H groups in total. The van der Waals surface area contributed by atoms with E-state index in [1.807, 2.05) is 24.3 Å². The maximum atomic E-state index is 13.4. The Bertz CT molecular complexity index is 855. The monoisotopic (exact) mass is 363 g/mol. The SMILES string of the molecule is CN(C)S(=O)(=O)N1CCCC1c1cccc(Cc2cccc(F)c2)n1. The molecular formula is C18H22FN3O2S. The molecule has 1 aromatic heterocycles. The topological polar surface area (TPSA) is 53.5 Å². The molecule has 7 heteroatoms. The van der Waals surface area contributed by atoms with Crippen LogP contribution in [0.4, 0.5) is 4.39 Å². The fourth-order valence-electron chi connectivity index (χ4n) is 3.16. The third-order valence-corrected chi connectivity index (χ3v) is 6.36. The van der Waals surface area contributed by atoms with E-state index in [2.05, 4.69) is 4.98 Å². The number of hydrogen-bond acceptors (Lipinski definition) is 3. The molecule has 1 saturated heterocycles. The number of halogens is 1. The lowest BCUT2D eigenvalue weighted by Gasteiger charge is -2.26. The molecule has 2 heterocycles. The van der Waals surface area contributed by atoms with Crippen LogP contribution in [-0.2, 0) is 16.6 Å². The van der Waals surface area contributed by atoms with Gasteiger partial charge in [-0.1, -0.05) is 18.2 Å². The Morgan fingerprint density at radius 1 is 1.24 bits per heavy atom. The number of hydrogen-bond donors (Lipinski definition) is 0. The zero-order valence-electron chi connectivity index (χ0n) is 14.4. The van der Waals surface area contributed by atoms with Crippen LogP contribution in [-0.4, -0.2) is 42.7 Å². The second kappa shape index (κ2) is 7.19. The summed E-state index contributed by atoms with van der Waals surface area (Å²) in [5, 5.41) is 0. The maximum absolute atomic E-state index is 13.4. The van der Waals surface area contributed by atoms with Crippen LogP contribution in [0.3, 0.4) is 0 Å². The lowest BCUT2D eigenvalue weighted by Crippen LogP contribution is -2.39. The van der Waals surface area contributed by atoms with Crippen LogP contribution >= 0.6 is 0 Å². The highest BCUT2D eigenvalue weighted by molar-refractivity contribution is 7.86. The Hall–Kier alpha value is -1.83. The van der Waals surface area contributed by atoms with Crippen molar-refractivity contribution in [2.24, 2.45) is 0 Å². The summed E-state index contributed by atoms with van der Waals surface area (Å²) in [5.41, 5.74) is 2.39.